The standard InChI is InChI=1S/C23H24ClN3O/c1-23(2,3)17-8-4-16(5-9-17)22(28)27-13-12-20-19(14-27)21(26-25-20)15-6-10-18(24)11-7-15/h4-11H,12-14H2,1-3H3,(H,25,26). The van der Waals surface area contributed by atoms with E-state index in [9.17, 15) is 4.79 Å². The molecule has 0 aliphatic carbocycles. The second-order valence-electron chi connectivity index (χ2n) is 8.34. The van der Waals surface area contributed by atoms with Crippen LogP contribution in [0.3, 0.4) is 0 Å². The summed E-state index contributed by atoms with van der Waals surface area (Å²) in [6.45, 7) is 7.77. The Hall–Kier alpha value is -2.59. The lowest BCUT2D eigenvalue weighted by Gasteiger charge is -2.27. The molecule has 0 fully saturated rings. The first kappa shape index (κ1) is 18.8. The third-order valence-electron chi connectivity index (χ3n) is 5.34. The molecule has 0 spiro atoms. The van der Waals surface area contributed by atoms with Gasteiger partial charge in [0.2, 0.25) is 0 Å². The molecule has 1 aliphatic heterocycles. The molecule has 1 aromatic heterocycles. The zero-order valence-electron chi connectivity index (χ0n) is 16.4. The summed E-state index contributed by atoms with van der Waals surface area (Å²) in [7, 11) is 0. The number of fused-ring (bicyclic) bond motifs is 1. The maximum absolute atomic E-state index is 13.1. The monoisotopic (exact) mass is 393 g/mol. The van der Waals surface area contributed by atoms with Crippen LogP contribution in [0.5, 0.6) is 0 Å². The quantitative estimate of drug-likeness (QED) is 0.648. The lowest BCUT2D eigenvalue weighted by molar-refractivity contribution is 0.0734. The summed E-state index contributed by atoms with van der Waals surface area (Å²) in [5.41, 5.74) is 6.13. The number of rotatable bonds is 2. The summed E-state index contributed by atoms with van der Waals surface area (Å²) in [6, 6.07) is 15.6. The first-order chi connectivity index (χ1) is 13.3. The molecule has 144 valence electrons. The van der Waals surface area contributed by atoms with Gasteiger partial charge >= 0.3 is 0 Å². The number of H-pyrrole nitrogens is 1. The van der Waals surface area contributed by atoms with Gasteiger partial charge in [-0.3, -0.25) is 9.89 Å². The highest BCUT2D eigenvalue weighted by atomic mass is 35.5. The number of amides is 1. The fourth-order valence-corrected chi connectivity index (χ4v) is 3.74. The van der Waals surface area contributed by atoms with Gasteiger partial charge in [0.15, 0.2) is 0 Å². The predicted molar refractivity (Wildman–Crippen MR) is 113 cm³/mol. The van der Waals surface area contributed by atoms with Crippen LogP contribution in [0.4, 0.5) is 0 Å². The third kappa shape index (κ3) is 3.57. The van der Waals surface area contributed by atoms with Crippen molar-refractivity contribution in [2.45, 2.75) is 39.2 Å². The van der Waals surface area contributed by atoms with Crippen LogP contribution in [0.1, 0.15) is 48.0 Å². The Morgan fingerprint density at radius 1 is 1.07 bits per heavy atom. The van der Waals surface area contributed by atoms with Gasteiger partial charge in [-0.05, 0) is 35.2 Å². The topological polar surface area (TPSA) is 49.0 Å². The average molecular weight is 394 g/mol. The molecule has 4 nitrogen and oxygen atoms in total. The van der Waals surface area contributed by atoms with E-state index in [-0.39, 0.29) is 11.3 Å². The Labute approximate surface area is 170 Å². The highest BCUT2D eigenvalue weighted by Crippen LogP contribution is 2.30. The van der Waals surface area contributed by atoms with Gasteiger partial charge in [0.25, 0.3) is 5.91 Å². The van der Waals surface area contributed by atoms with Crippen molar-refractivity contribution in [3.05, 3.63) is 75.9 Å². The molecular weight excluding hydrogens is 370 g/mol. The fraction of sp³-hybridized carbons (Fsp3) is 0.304. The number of hydrogen-bond acceptors (Lipinski definition) is 2. The molecule has 3 aromatic rings. The minimum Gasteiger partial charge on any atom is -0.334 e. The van der Waals surface area contributed by atoms with Gasteiger partial charge in [-0.25, -0.2) is 0 Å². The number of nitrogens with zero attached hydrogens (tertiary/aromatic N) is 2. The van der Waals surface area contributed by atoms with E-state index >= 15 is 0 Å². The lowest BCUT2D eigenvalue weighted by Crippen LogP contribution is -2.36. The van der Waals surface area contributed by atoms with Crippen molar-refractivity contribution in [1.82, 2.24) is 15.1 Å². The van der Waals surface area contributed by atoms with Crippen LogP contribution < -0.4 is 0 Å². The van der Waals surface area contributed by atoms with Gasteiger partial charge in [-0.2, -0.15) is 5.10 Å². The van der Waals surface area contributed by atoms with Crippen LogP contribution in [0.15, 0.2) is 48.5 Å². The van der Waals surface area contributed by atoms with Gasteiger partial charge in [0.1, 0.15) is 0 Å². The van der Waals surface area contributed by atoms with E-state index in [1.54, 1.807) is 0 Å². The lowest BCUT2D eigenvalue weighted by atomic mass is 9.86. The molecular formula is C23H24ClN3O. The second kappa shape index (κ2) is 7.10. The van der Waals surface area contributed by atoms with Gasteiger partial charge < -0.3 is 4.90 Å². The first-order valence-corrected chi connectivity index (χ1v) is 9.92. The minimum absolute atomic E-state index is 0.0642. The summed E-state index contributed by atoms with van der Waals surface area (Å²) in [4.78, 5) is 15.0. The Morgan fingerprint density at radius 3 is 2.39 bits per heavy atom. The van der Waals surface area contributed by atoms with Gasteiger partial charge in [0.05, 0.1) is 5.69 Å². The maximum atomic E-state index is 13.1. The highest BCUT2D eigenvalue weighted by molar-refractivity contribution is 6.30. The van der Waals surface area contributed by atoms with Crippen molar-refractivity contribution >= 4 is 17.5 Å². The average Bonchev–Trinajstić information content (AvgIpc) is 3.10. The smallest absolute Gasteiger partial charge is 0.254 e. The van der Waals surface area contributed by atoms with Crippen molar-refractivity contribution in [2.24, 2.45) is 0 Å². The van der Waals surface area contributed by atoms with Crippen molar-refractivity contribution < 1.29 is 4.79 Å². The van der Waals surface area contributed by atoms with E-state index in [2.05, 4.69) is 43.1 Å². The first-order valence-electron chi connectivity index (χ1n) is 9.55. The van der Waals surface area contributed by atoms with E-state index in [1.165, 1.54) is 5.56 Å². The van der Waals surface area contributed by atoms with Crippen molar-refractivity contribution in [1.29, 1.82) is 0 Å². The van der Waals surface area contributed by atoms with E-state index in [0.29, 0.717) is 18.1 Å². The summed E-state index contributed by atoms with van der Waals surface area (Å²) in [6.07, 6.45) is 0.780. The number of carbonyl (C=O) groups excluding carboxylic acids is 1. The zero-order valence-corrected chi connectivity index (χ0v) is 17.2. The van der Waals surface area contributed by atoms with Crippen LogP contribution >= 0.6 is 11.6 Å². The van der Waals surface area contributed by atoms with E-state index < -0.39 is 0 Å². The molecule has 0 saturated heterocycles. The molecule has 5 heteroatoms. The fourth-order valence-electron chi connectivity index (χ4n) is 3.61. The number of hydrogen-bond donors (Lipinski definition) is 1. The summed E-state index contributed by atoms with van der Waals surface area (Å²) in [5.74, 6) is 0.0642. The molecule has 0 unspecified atom stereocenters. The number of carbonyl (C=O) groups is 1. The number of aromatic amines is 1. The Balaban J connectivity index is 1.57. The number of aromatic nitrogens is 2. The van der Waals surface area contributed by atoms with Crippen molar-refractivity contribution in [3.63, 3.8) is 0 Å². The second-order valence-corrected chi connectivity index (χ2v) is 8.78. The molecule has 1 N–H and O–H groups in total. The molecule has 1 aliphatic rings. The van der Waals surface area contributed by atoms with E-state index in [1.807, 2.05) is 41.3 Å². The van der Waals surface area contributed by atoms with Gasteiger partial charge in [-0.15, -0.1) is 0 Å². The van der Waals surface area contributed by atoms with Crippen LogP contribution in [0.2, 0.25) is 5.02 Å². The summed E-state index contributed by atoms with van der Waals surface area (Å²) in [5, 5.41) is 8.34. The maximum Gasteiger partial charge on any atom is 0.254 e. The Kier molecular flexibility index (Phi) is 4.76. The van der Waals surface area contributed by atoms with Crippen LogP contribution in [0, 0.1) is 0 Å². The van der Waals surface area contributed by atoms with Crippen LogP contribution in [-0.2, 0) is 18.4 Å². The van der Waals surface area contributed by atoms with Gasteiger partial charge in [-0.1, -0.05) is 56.6 Å². The molecule has 28 heavy (non-hydrogen) atoms. The SMILES string of the molecule is CC(C)(C)c1ccc(C(=O)N2CCc3[nH]nc(-c4ccc(Cl)cc4)c3C2)cc1. The van der Waals surface area contributed by atoms with Crippen molar-refractivity contribution in [2.75, 3.05) is 6.54 Å². The Morgan fingerprint density at radius 2 is 1.75 bits per heavy atom. The minimum atomic E-state index is 0.0642. The largest absolute Gasteiger partial charge is 0.334 e. The predicted octanol–water partition coefficient (Wildman–Crippen LogP) is 5.23. The molecule has 0 radical (unpaired) electrons. The summed E-state index contributed by atoms with van der Waals surface area (Å²) < 4.78 is 0. The normalized spacial score (nSPS) is 14.1. The van der Waals surface area contributed by atoms with Crippen LogP contribution in [0.25, 0.3) is 11.3 Å². The molecule has 0 saturated carbocycles. The zero-order chi connectivity index (χ0) is 19.9. The molecule has 0 bridgehead atoms. The van der Waals surface area contributed by atoms with Gasteiger partial charge in [0, 0.05) is 46.9 Å². The number of benzene rings is 2. The van der Waals surface area contributed by atoms with E-state index in [0.717, 1.165) is 34.5 Å². The highest BCUT2D eigenvalue weighted by Gasteiger charge is 2.26. The number of nitrogens with one attached hydrogen (secondary N) is 1. The molecule has 1 amide bonds. The molecule has 0 atom stereocenters. The molecule has 4 rings (SSSR count). The third-order valence-corrected chi connectivity index (χ3v) is 5.59. The number of halogens is 1. The Bertz CT molecular complexity index is 998. The molecule has 2 aromatic carbocycles. The van der Waals surface area contributed by atoms with E-state index in [4.69, 9.17) is 11.6 Å². The summed E-state index contributed by atoms with van der Waals surface area (Å²) >= 11 is 6.01. The molecule has 2 heterocycles. The van der Waals surface area contributed by atoms with Crippen LogP contribution in [-0.4, -0.2) is 27.5 Å². The van der Waals surface area contributed by atoms with Crippen molar-refractivity contribution in [3.8, 4) is 11.3 Å².